The highest BCUT2D eigenvalue weighted by Gasteiger charge is 2.24. The minimum Gasteiger partial charge on any atom is -0.493 e. The standard InChI is InChI=1S/C18H27NO/c1-2-19-17(15-5-3-4-6-15)9-7-14-8-10-18-16(13-14)11-12-20-18/h8,10,13,15,17,19H,2-7,9,11-12H2,1H3. The average Bonchev–Trinajstić information content (AvgIpc) is 3.13. The molecule has 2 heteroatoms. The van der Waals surface area contributed by atoms with Crippen LogP contribution in [-0.2, 0) is 12.8 Å². The molecule has 1 heterocycles. The van der Waals surface area contributed by atoms with Crippen molar-refractivity contribution in [2.24, 2.45) is 5.92 Å². The van der Waals surface area contributed by atoms with Crippen LogP contribution in [0.5, 0.6) is 5.75 Å². The number of hydrogen-bond acceptors (Lipinski definition) is 2. The molecule has 1 aliphatic carbocycles. The van der Waals surface area contributed by atoms with Gasteiger partial charge in [-0.15, -0.1) is 0 Å². The molecule has 1 unspecified atom stereocenters. The van der Waals surface area contributed by atoms with Crippen molar-refractivity contribution in [2.75, 3.05) is 13.2 Å². The molecule has 3 rings (SSSR count). The second-order valence-electron chi connectivity index (χ2n) is 6.29. The zero-order valence-electron chi connectivity index (χ0n) is 12.7. The van der Waals surface area contributed by atoms with Crippen molar-refractivity contribution in [3.8, 4) is 5.75 Å². The molecule has 1 aromatic carbocycles. The SMILES string of the molecule is CCNC(CCc1ccc2c(c1)CCO2)C1CCCC1. The maximum absolute atomic E-state index is 5.59. The Bertz CT molecular complexity index is 437. The van der Waals surface area contributed by atoms with Crippen molar-refractivity contribution in [1.29, 1.82) is 0 Å². The normalized spacial score (nSPS) is 19.9. The van der Waals surface area contributed by atoms with Crippen molar-refractivity contribution < 1.29 is 4.74 Å². The van der Waals surface area contributed by atoms with E-state index >= 15 is 0 Å². The van der Waals surface area contributed by atoms with E-state index in [1.165, 1.54) is 49.7 Å². The van der Waals surface area contributed by atoms with Crippen LogP contribution < -0.4 is 10.1 Å². The number of aryl methyl sites for hydroxylation is 1. The summed E-state index contributed by atoms with van der Waals surface area (Å²) in [5, 5.41) is 3.72. The minimum atomic E-state index is 0.715. The summed E-state index contributed by atoms with van der Waals surface area (Å²) in [6.07, 6.45) is 9.28. The maximum atomic E-state index is 5.59. The molecule has 0 amide bonds. The van der Waals surface area contributed by atoms with E-state index in [0.717, 1.165) is 31.2 Å². The fourth-order valence-corrected chi connectivity index (χ4v) is 3.84. The third-order valence-corrected chi connectivity index (χ3v) is 4.93. The summed E-state index contributed by atoms with van der Waals surface area (Å²) in [6.45, 7) is 4.19. The summed E-state index contributed by atoms with van der Waals surface area (Å²) in [6, 6.07) is 7.49. The Hall–Kier alpha value is -1.02. The van der Waals surface area contributed by atoms with Gasteiger partial charge in [0.2, 0.25) is 0 Å². The summed E-state index contributed by atoms with van der Waals surface area (Å²) in [4.78, 5) is 0. The number of nitrogens with one attached hydrogen (secondary N) is 1. The molecular weight excluding hydrogens is 246 g/mol. The Balaban J connectivity index is 1.58. The van der Waals surface area contributed by atoms with Gasteiger partial charge in [-0.05, 0) is 55.3 Å². The van der Waals surface area contributed by atoms with Gasteiger partial charge >= 0.3 is 0 Å². The Morgan fingerprint density at radius 2 is 2.15 bits per heavy atom. The first-order chi connectivity index (χ1) is 9.86. The monoisotopic (exact) mass is 273 g/mol. The number of fused-ring (bicyclic) bond motifs is 1. The van der Waals surface area contributed by atoms with E-state index < -0.39 is 0 Å². The van der Waals surface area contributed by atoms with Gasteiger partial charge in [0.25, 0.3) is 0 Å². The van der Waals surface area contributed by atoms with Gasteiger partial charge in [0.15, 0.2) is 0 Å². The quantitative estimate of drug-likeness (QED) is 0.853. The molecule has 110 valence electrons. The Morgan fingerprint density at radius 3 is 2.95 bits per heavy atom. The average molecular weight is 273 g/mol. The first-order valence-corrected chi connectivity index (χ1v) is 8.35. The van der Waals surface area contributed by atoms with Crippen LogP contribution in [0.15, 0.2) is 18.2 Å². The van der Waals surface area contributed by atoms with Crippen LogP contribution in [0.4, 0.5) is 0 Å². The second-order valence-corrected chi connectivity index (χ2v) is 6.29. The lowest BCUT2D eigenvalue weighted by atomic mass is 9.92. The zero-order valence-corrected chi connectivity index (χ0v) is 12.7. The first kappa shape index (κ1) is 13.9. The lowest BCUT2D eigenvalue weighted by molar-refractivity contribution is 0.346. The summed E-state index contributed by atoms with van der Waals surface area (Å²) < 4.78 is 5.59. The van der Waals surface area contributed by atoms with Crippen molar-refractivity contribution in [2.45, 2.75) is 57.9 Å². The topological polar surface area (TPSA) is 21.3 Å². The predicted octanol–water partition coefficient (Wildman–Crippen LogP) is 3.72. The van der Waals surface area contributed by atoms with E-state index in [2.05, 4.69) is 30.4 Å². The highest BCUT2D eigenvalue weighted by atomic mass is 16.5. The van der Waals surface area contributed by atoms with Crippen LogP contribution in [0, 0.1) is 5.92 Å². The van der Waals surface area contributed by atoms with Gasteiger partial charge in [-0.25, -0.2) is 0 Å². The van der Waals surface area contributed by atoms with Gasteiger partial charge in [0, 0.05) is 12.5 Å². The van der Waals surface area contributed by atoms with E-state index in [-0.39, 0.29) is 0 Å². The number of ether oxygens (including phenoxy) is 1. The first-order valence-electron chi connectivity index (χ1n) is 8.35. The van der Waals surface area contributed by atoms with Gasteiger partial charge in [-0.2, -0.15) is 0 Å². The molecule has 1 N–H and O–H groups in total. The van der Waals surface area contributed by atoms with E-state index in [0.29, 0.717) is 6.04 Å². The van der Waals surface area contributed by atoms with Gasteiger partial charge in [-0.1, -0.05) is 31.9 Å². The Kier molecular flexibility index (Phi) is 4.62. The van der Waals surface area contributed by atoms with Gasteiger partial charge in [-0.3, -0.25) is 0 Å². The van der Waals surface area contributed by atoms with E-state index in [9.17, 15) is 0 Å². The van der Waals surface area contributed by atoms with Crippen molar-refractivity contribution in [3.63, 3.8) is 0 Å². The molecule has 1 aliphatic heterocycles. The van der Waals surface area contributed by atoms with Crippen LogP contribution in [0.2, 0.25) is 0 Å². The molecule has 0 bridgehead atoms. The molecule has 0 saturated heterocycles. The molecule has 0 spiro atoms. The highest BCUT2D eigenvalue weighted by molar-refractivity contribution is 5.39. The highest BCUT2D eigenvalue weighted by Crippen LogP contribution is 2.30. The molecule has 1 atom stereocenters. The fourth-order valence-electron chi connectivity index (χ4n) is 3.84. The lowest BCUT2D eigenvalue weighted by Gasteiger charge is -2.24. The van der Waals surface area contributed by atoms with E-state index in [1.54, 1.807) is 0 Å². The number of hydrogen-bond donors (Lipinski definition) is 1. The van der Waals surface area contributed by atoms with Crippen LogP contribution in [0.1, 0.15) is 50.2 Å². The molecule has 1 aromatic rings. The molecule has 2 nitrogen and oxygen atoms in total. The van der Waals surface area contributed by atoms with Crippen LogP contribution >= 0.6 is 0 Å². The van der Waals surface area contributed by atoms with Crippen LogP contribution in [-0.4, -0.2) is 19.2 Å². The van der Waals surface area contributed by atoms with Crippen molar-refractivity contribution >= 4 is 0 Å². The molecular formula is C18H27NO. The van der Waals surface area contributed by atoms with Gasteiger partial charge < -0.3 is 10.1 Å². The fraction of sp³-hybridized carbons (Fsp3) is 0.667. The molecule has 1 fully saturated rings. The predicted molar refractivity (Wildman–Crippen MR) is 83.4 cm³/mol. The van der Waals surface area contributed by atoms with E-state index in [4.69, 9.17) is 4.74 Å². The van der Waals surface area contributed by atoms with Crippen LogP contribution in [0.25, 0.3) is 0 Å². The maximum Gasteiger partial charge on any atom is 0.122 e. The Labute approximate surface area is 122 Å². The van der Waals surface area contributed by atoms with E-state index in [1.807, 2.05) is 0 Å². The molecule has 2 aliphatic rings. The summed E-state index contributed by atoms with van der Waals surface area (Å²) in [7, 11) is 0. The molecule has 0 aromatic heterocycles. The van der Waals surface area contributed by atoms with Crippen molar-refractivity contribution in [3.05, 3.63) is 29.3 Å². The summed E-state index contributed by atoms with van der Waals surface area (Å²) in [5.41, 5.74) is 2.89. The Morgan fingerprint density at radius 1 is 1.30 bits per heavy atom. The third-order valence-electron chi connectivity index (χ3n) is 4.93. The zero-order chi connectivity index (χ0) is 13.8. The minimum absolute atomic E-state index is 0.715. The van der Waals surface area contributed by atoms with Gasteiger partial charge in [0.05, 0.1) is 6.61 Å². The number of benzene rings is 1. The molecule has 1 saturated carbocycles. The summed E-state index contributed by atoms with van der Waals surface area (Å²) in [5.74, 6) is 2.01. The molecule has 20 heavy (non-hydrogen) atoms. The molecule has 0 radical (unpaired) electrons. The number of rotatable bonds is 6. The third kappa shape index (κ3) is 3.17. The van der Waals surface area contributed by atoms with Crippen LogP contribution in [0.3, 0.4) is 0 Å². The van der Waals surface area contributed by atoms with Gasteiger partial charge in [0.1, 0.15) is 5.75 Å². The largest absolute Gasteiger partial charge is 0.493 e. The van der Waals surface area contributed by atoms with Crippen molar-refractivity contribution in [1.82, 2.24) is 5.32 Å². The lowest BCUT2D eigenvalue weighted by Crippen LogP contribution is -2.35. The summed E-state index contributed by atoms with van der Waals surface area (Å²) >= 11 is 0. The second kappa shape index (κ2) is 6.62. The smallest absolute Gasteiger partial charge is 0.122 e.